The molecule has 1 aliphatic heterocycles. The average molecular weight is 314 g/mol. The van der Waals surface area contributed by atoms with E-state index in [1.165, 1.54) is 12.3 Å². The number of pyridine rings is 1. The van der Waals surface area contributed by atoms with Crippen LogP contribution in [-0.2, 0) is 0 Å². The molecule has 6 heteroatoms. The number of likely N-dealkylation sites (tertiary alicyclic amines) is 1. The maximum atomic E-state index is 12.6. The molecule has 3 rings (SSSR count). The minimum Gasteiger partial charge on any atom is -0.505 e. The molecule has 2 aromatic heterocycles. The van der Waals surface area contributed by atoms with Crippen LogP contribution < -0.4 is 0 Å². The minimum atomic E-state index is -0.213. The lowest BCUT2D eigenvalue weighted by atomic mass is 9.96. The van der Waals surface area contributed by atoms with Crippen LogP contribution >= 0.6 is 0 Å². The third-order valence-corrected chi connectivity index (χ3v) is 4.32. The average Bonchev–Trinajstić information content (AvgIpc) is 3.05. The second-order valence-corrected chi connectivity index (χ2v) is 6.25. The number of rotatable bonds is 3. The highest BCUT2D eigenvalue weighted by atomic mass is 16.3. The summed E-state index contributed by atoms with van der Waals surface area (Å²) in [5.74, 6) is 0.970. The van der Waals surface area contributed by atoms with Gasteiger partial charge >= 0.3 is 0 Å². The second kappa shape index (κ2) is 6.40. The van der Waals surface area contributed by atoms with Crippen LogP contribution in [0.1, 0.15) is 55.0 Å². The summed E-state index contributed by atoms with van der Waals surface area (Å²) in [4.78, 5) is 22.9. The molecule has 0 aliphatic carbocycles. The van der Waals surface area contributed by atoms with E-state index in [4.69, 9.17) is 0 Å². The molecule has 2 aromatic rings. The maximum absolute atomic E-state index is 12.6. The Morgan fingerprint density at radius 2 is 2.17 bits per heavy atom. The molecule has 3 heterocycles. The van der Waals surface area contributed by atoms with Crippen LogP contribution in [0.5, 0.6) is 5.75 Å². The topological polar surface area (TPSA) is 71.2 Å². The monoisotopic (exact) mass is 314 g/mol. The lowest BCUT2D eigenvalue weighted by Crippen LogP contribution is -2.40. The highest BCUT2D eigenvalue weighted by Crippen LogP contribution is 2.29. The van der Waals surface area contributed by atoms with Crippen LogP contribution in [0.2, 0.25) is 0 Å². The van der Waals surface area contributed by atoms with Gasteiger partial charge in [0.25, 0.3) is 5.91 Å². The van der Waals surface area contributed by atoms with Crippen LogP contribution in [0.3, 0.4) is 0 Å². The Balaban J connectivity index is 1.80. The molecular formula is C17H22N4O2. The van der Waals surface area contributed by atoms with Crippen molar-refractivity contribution < 1.29 is 9.90 Å². The van der Waals surface area contributed by atoms with E-state index in [-0.39, 0.29) is 23.3 Å². The predicted molar refractivity (Wildman–Crippen MR) is 86.4 cm³/mol. The minimum absolute atomic E-state index is 0.0664. The Morgan fingerprint density at radius 3 is 2.91 bits per heavy atom. The molecule has 1 amide bonds. The van der Waals surface area contributed by atoms with Crippen LogP contribution in [0, 0.1) is 0 Å². The maximum Gasteiger partial charge on any atom is 0.276 e. The van der Waals surface area contributed by atoms with Crippen molar-refractivity contribution in [2.75, 3.05) is 13.1 Å². The van der Waals surface area contributed by atoms with Crippen LogP contribution in [-0.4, -0.2) is 43.5 Å². The molecule has 23 heavy (non-hydrogen) atoms. The van der Waals surface area contributed by atoms with Crippen molar-refractivity contribution in [3.63, 3.8) is 0 Å². The smallest absolute Gasteiger partial charge is 0.276 e. The normalized spacial score (nSPS) is 18.4. The van der Waals surface area contributed by atoms with Crippen molar-refractivity contribution in [2.24, 2.45) is 0 Å². The number of amides is 1. The molecule has 0 bridgehead atoms. The highest BCUT2D eigenvalue weighted by Gasteiger charge is 2.29. The second-order valence-electron chi connectivity index (χ2n) is 6.25. The Labute approximate surface area is 135 Å². The zero-order valence-electron chi connectivity index (χ0n) is 13.5. The van der Waals surface area contributed by atoms with Crippen molar-refractivity contribution in [3.8, 4) is 5.75 Å². The molecule has 0 aromatic carbocycles. The lowest BCUT2D eigenvalue weighted by Gasteiger charge is -2.33. The predicted octanol–water partition coefficient (Wildman–Crippen LogP) is 2.58. The summed E-state index contributed by atoms with van der Waals surface area (Å²) in [5, 5.41) is 9.85. The van der Waals surface area contributed by atoms with E-state index < -0.39 is 0 Å². The standard InChI is InChI=1S/C17H22N4O2/c1-12(2)21-10-8-19-16(21)13-5-4-9-20(11-13)17(23)15-14(22)6-3-7-18-15/h3,6-8,10,12-13,22H,4-5,9,11H2,1-2H3/t13-/m0/s1. The van der Waals surface area contributed by atoms with E-state index in [2.05, 4.69) is 28.4 Å². The fourth-order valence-electron chi connectivity index (χ4n) is 3.16. The molecule has 1 saturated heterocycles. The van der Waals surface area contributed by atoms with Gasteiger partial charge < -0.3 is 14.6 Å². The van der Waals surface area contributed by atoms with Crippen molar-refractivity contribution in [2.45, 2.75) is 38.6 Å². The summed E-state index contributed by atoms with van der Waals surface area (Å²) in [5.41, 5.74) is 0.125. The molecule has 122 valence electrons. The quantitative estimate of drug-likeness (QED) is 0.945. The third-order valence-electron chi connectivity index (χ3n) is 4.32. The molecule has 1 atom stereocenters. The first-order valence-electron chi connectivity index (χ1n) is 8.04. The highest BCUT2D eigenvalue weighted by molar-refractivity contribution is 5.94. The van der Waals surface area contributed by atoms with E-state index in [0.717, 1.165) is 18.7 Å². The molecule has 1 N–H and O–H groups in total. The van der Waals surface area contributed by atoms with Crippen molar-refractivity contribution >= 4 is 5.91 Å². The van der Waals surface area contributed by atoms with E-state index in [0.29, 0.717) is 19.1 Å². The molecule has 0 spiro atoms. The van der Waals surface area contributed by atoms with Gasteiger partial charge in [0.1, 0.15) is 11.6 Å². The molecule has 0 unspecified atom stereocenters. The van der Waals surface area contributed by atoms with Crippen molar-refractivity contribution in [1.82, 2.24) is 19.4 Å². The van der Waals surface area contributed by atoms with Crippen LogP contribution in [0.4, 0.5) is 0 Å². The van der Waals surface area contributed by atoms with Gasteiger partial charge in [0.05, 0.1) is 0 Å². The van der Waals surface area contributed by atoms with E-state index in [1.807, 2.05) is 12.4 Å². The number of hydrogen-bond acceptors (Lipinski definition) is 4. The molecule has 0 saturated carbocycles. The van der Waals surface area contributed by atoms with Gasteiger partial charge in [0, 0.05) is 43.6 Å². The van der Waals surface area contributed by atoms with Gasteiger partial charge in [-0.15, -0.1) is 0 Å². The third kappa shape index (κ3) is 3.06. The molecule has 1 aliphatic rings. The summed E-state index contributed by atoms with van der Waals surface area (Å²) in [6.45, 7) is 5.55. The first-order chi connectivity index (χ1) is 11.1. The number of aromatic hydroxyl groups is 1. The molecule has 1 fully saturated rings. The summed E-state index contributed by atoms with van der Waals surface area (Å²) in [6.07, 6.45) is 7.28. The number of carbonyl (C=O) groups excluding carboxylic acids is 1. The first kappa shape index (κ1) is 15.5. The molecule has 0 radical (unpaired) electrons. The van der Waals surface area contributed by atoms with Gasteiger partial charge in [-0.25, -0.2) is 9.97 Å². The number of aromatic nitrogens is 3. The SMILES string of the molecule is CC(C)n1ccnc1[C@H]1CCCN(C(=O)c2ncccc2O)C1. The Bertz CT molecular complexity index is 695. The number of carbonyl (C=O) groups is 1. The summed E-state index contributed by atoms with van der Waals surface area (Å²) in [7, 11) is 0. The van der Waals surface area contributed by atoms with Crippen LogP contribution in [0.15, 0.2) is 30.7 Å². The van der Waals surface area contributed by atoms with Gasteiger partial charge in [-0.1, -0.05) is 0 Å². The van der Waals surface area contributed by atoms with Gasteiger partial charge in [0.2, 0.25) is 0 Å². The summed E-state index contributed by atoms with van der Waals surface area (Å²) >= 11 is 0. The Morgan fingerprint density at radius 1 is 1.35 bits per heavy atom. The number of nitrogens with zero attached hydrogens (tertiary/aromatic N) is 4. The van der Waals surface area contributed by atoms with Gasteiger partial charge in [-0.2, -0.15) is 0 Å². The number of imidazole rings is 1. The fraction of sp³-hybridized carbons (Fsp3) is 0.471. The van der Waals surface area contributed by atoms with E-state index in [9.17, 15) is 9.90 Å². The van der Waals surface area contributed by atoms with Gasteiger partial charge in [-0.3, -0.25) is 4.79 Å². The van der Waals surface area contributed by atoms with E-state index in [1.54, 1.807) is 11.0 Å². The summed E-state index contributed by atoms with van der Waals surface area (Å²) in [6, 6.07) is 3.45. The van der Waals surface area contributed by atoms with Crippen molar-refractivity contribution in [1.29, 1.82) is 0 Å². The number of piperidine rings is 1. The van der Waals surface area contributed by atoms with Gasteiger partial charge in [-0.05, 0) is 38.8 Å². The van der Waals surface area contributed by atoms with Crippen molar-refractivity contribution in [3.05, 3.63) is 42.2 Å². The molecular weight excluding hydrogens is 292 g/mol. The largest absolute Gasteiger partial charge is 0.505 e. The first-order valence-corrected chi connectivity index (χ1v) is 8.04. The lowest BCUT2D eigenvalue weighted by molar-refractivity contribution is 0.0693. The van der Waals surface area contributed by atoms with Crippen LogP contribution in [0.25, 0.3) is 0 Å². The Kier molecular flexibility index (Phi) is 4.32. The summed E-state index contributed by atoms with van der Waals surface area (Å²) < 4.78 is 2.16. The Hall–Kier alpha value is -2.37. The zero-order chi connectivity index (χ0) is 16.4. The van der Waals surface area contributed by atoms with Gasteiger partial charge in [0.15, 0.2) is 5.69 Å². The molecule has 6 nitrogen and oxygen atoms in total. The number of hydrogen-bond donors (Lipinski definition) is 1. The fourth-order valence-corrected chi connectivity index (χ4v) is 3.16. The zero-order valence-corrected chi connectivity index (χ0v) is 13.5. The van der Waals surface area contributed by atoms with E-state index >= 15 is 0 Å².